The Morgan fingerprint density at radius 3 is 2.65 bits per heavy atom. The van der Waals surface area contributed by atoms with E-state index in [1.54, 1.807) is 7.11 Å². The Labute approximate surface area is 124 Å². The lowest BCUT2D eigenvalue weighted by Gasteiger charge is -2.45. The molecule has 0 N–H and O–H groups in total. The number of Topliss-reactive ketones (excluding diaryl/α,β-unsaturated/α-hetero) is 1. The van der Waals surface area contributed by atoms with Crippen molar-refractivity contribution >= 4 is 17.4 Å². The van der Waals surface area contributed by atoms with E-state index in [-0.39, 0.29) is 0 Å². The molecule has 0 spiro atoms. The number of ketones is 1. The first-order chi connectivity index (χ1) is 9.69. The number of hydrogen-bond donors (Lipinski definition) is 0. The van der Waals surface area contributed by atoms with Crippen LogP contribution in [-0.2, 0) is 11.3 Å². The molecule has 4 heteroatoms. The van der Waals surface area contributed by atoms with Gasteiger partial charge in [-0.3, -0.25) is 9.69 Å². The average Bonchev–Trinajstić information content (AvgIpc) is 2.41. The Kier molecular flexibility index (Phi) is 3.99. The van der Waals surface area contributed by atoms with Gasteiger partial charge in [-0.2, -0.15) is 0 Å². The highest BCUT2D eigenvalue weighted by Crippen LogP contribution is 2.36. The van der Waals surface area contributed by atoms with Gasteiger partial charge in [-0.25, -0.2) is 0 Å². The number of rotatable bonds is 3. The van der Waals surface area contributed by atoms with E-state index in [2.05, 4.69) is 4.90 Å². The molecule has 2 saturated heterocycles. The highest BCUT2D eigenvalue weighted by atomic mass is 35.5. The molecule has 0 saturated carbocycles. The van der Waals surface area contributed by atoms with Crippen molar-refractivity contribution in [1.82, 2.24) is 4.90 Å². The minimum absolute atomic E-state index is 0.385. The SMILES string of the molecule is COc1cccc(Cl)c1CN1C2CCCC1CC(=O)C2. The number of benzene rings is 1. The van der Waals surface area contributed by atoms with Crippen LogP contribution in [0.2, 0.25) is 5.02 Å². The zero-order chi connectivity index (χ0) is 14.1. The number of carbonyl (C=O) groups excluding carboxylic acids is 1. The van der Waals surface area contributed by atoms with Gasteiger partial charge in [-0.1, -0.05) is 24.1 Å². The number of nitrogens with zero attached hydrogens (tertiary/aromatic N) is 1. The van der Waals surface area contributed by atoms with E-state index in [0.29, 0.717) is 30.7 Å². The number of carbonyl (C=O) groups is 1. The number of halogens is 1. The topological polar surface area (TPSA) is 29.5 Å². The Hall–Kier alpha value is -1.06. The monoisotopic (exact) mass is 293 g/mol. The first kappa shape index (κ1) is 13.9. The van der Waals surface area contributed by atoms with Gasteiger partial charge >= 0.3 is 0 Å². The van der Waals surface area contributed by atoms with Gasteiger partial charge < -0.3 is 4.74 Å². The van der Waals surface area contributed by atoms with E-state index >= 15 is 0 Å². The second-order valence-corrected chi connectivity index (χ2v) is 6.19. The standard InChI is InChI=1S/C16H20ClNO2/c1-20-16-7-3-6-15(17)14(16)10-18-11-4-2-5-12(18)9-13(19)8-11/h3,6-7,11-12H,2,4-5,8-10H2,1H3. The lowest BCUT2D eigenvalue weighted by molar-refractivity contribution is -0.127. The highest BCUT2D eigenvalue weighted by Gasteiger charge is 2.37. The zero-order valence-electron chi connectivity index (χ0n) is 11.8. The van der Waals surface area contributed by atoms with Gasteiger partial charge in [0, 0.05) is 42.1 Å². The van der Waals surface area contributed by atoms with E-state index in [4.69, 9.17) is 16.3 Å². The van der Waals surface area contributed by atoms with Crippen molar-refractivity contribution in [3.8, 4) is 5.75 Å². The summed E-state index contributed by atoms with van der Waals surface area (Å²) in [6.45, 7) is 0.783. The van der Waals surface area contributed by atoms with Gasteiger partial charge in [-0.05, 0) is 25.0 Å². The summed E-state index contributed by atoms with van der Waals surface area (Å²) in [5, 5.41) is 0.749. The highest BCUT2D eigenvalue weighted by molar-refractivity contribution is 6.31. The van der Waals surface area contributed by atoms with E-state index in [0.717, 1.165) is 35.7 Å². The van der Waals surface area contributed by atoms with Crippen molar-refractivity contribution in [2.75, 3.05) is 7.11 Å². The summed E-state index contributed by atoms with van der Waals surface area (Å²) in [6.07, 6.45) is 4.87. The van der Waals surface area contributed by atoms with Crippen LogP contribution in [0.25, 0.3) is 0 Å². The summed E-state index contributed by atoms with van der Waals surface area (Å²) in [5.74, 6) is 1.26. The van der Waals surface area contributed by atoms with E-state index in [9.17, 15) is 4.79 Å². The van der Waals surface area contributed by atoms with Crippen LogP contribution in [0, 0.1) is 0 Å². The Balaban J connectivity index is 1.86. The summed E-state index contributed by atoms with van der Waals surface area (Å²) < 4.78 is 5.43. The normalized spacial score (nSPS) is 26.6. The number of methoxy groups -OCH3 is 1. The number of hydrogen-bond acceptors (Lipinski definition) is 3. The lowest BCUT2D eigenvalue weighted by Crippen LogP contribution is -2.51. The molecule has 2 unspecified atom stereocenters. The maximum atomic E-state index is 11.8. The van der Waals surface area contributed by atoms with Crippen LogP contribution in [0.5, 0.6) is 5.75 Å². The molecule has 0 aliphatic carbocycles. The Morgan fingerprint density at radius 2 is 2.00 bits per heavy atom. The quantitative estimate of drug-likeness (QED) is 0.855. The number of ether oxygens (including phenoxy) is 1. The van der Waals surface area contributed by atoms with Crippen molar-refractivity contribution in [2.45, 2.75) is 50.7 Å². The first-order valence-electron chi connectivity index (χ1n) is 7.28. The van der Waals surface area contributed by atoms with Gasteiger partial charge in [0.25, 0.3) is 0 Å². The zero-order valence-corrected chi connectivity index (χ0v) is 12.5. The summed E-state index contributed by atoms with van der Waals surface area (Å²) in [7, 11) is 1.68. The molecule has 2 fully saturated rings. The Morgan fingerprint density at radius 1 is 1.30 bits per heavy atom. The molecule has 3 nitrogen and oxygen atoms in total. The van der Waals surface area contributed by atoms with Gasteiger partial charge in [0.2, 0.25) is 0 Å². The fraction of sp³-hybridized carbons (Fsp3) is 0.562. The van der Waals surface area contributed by atoms with E-state index < -0.39 is 0 Å². The second kappa shape index (κ2) is 5.74. The smallest absolute Gasteiger partial charge is 0.136 e. The second-order valence-electron chi connectivity index (χ2n) is 5.78. The molecule has 0 aromatic heterocycles. The van der Waals surface area contributed by atoms with Crippen LogP contribution < -0.4 is 4.74 Å². The third kappa shape index (κ3) is 2.57. The maximum absolute atomic E-state index is 11.8. The molecular weight excluding hydrogens is 274 g/mol. The van der Waals surface area contributed by atoms with Crippen LogP contribution in [0.3, 0.4) is 0 Å². The van der Waals surface area contributed by atoms with Crippen molar-refractivity contribution in [1.29, 1.82) is 0 Å². The molecule has 2 heterocycles. The fourth-order valence-electron chi connectivity index (χ4n) is 3.59. The van der Waals surface area contributed by atoms with Crippen LogP contribution in [0.1, 0.15) is 37.7 Å². The first-order valence-corrected chi connectivity index (χ1v) is 7.65. The van der Waals surface area contributed by atoms with Gasteiger partial charge in [0.15, 0.2) is 0 Å². The lowest BCUT2D eigenvalue weighted by atomic mass is 9.83. The molecular formula is C16H20ClNO2. The van der Waals surface area contributed by atoms with Crippen LogP contribution in [-0.4, -0.2) is 29.9 Å². The molecule has 0 amide bonds. The Bertz CT molecular complexity index is 501. The molecule has 2 aliphatic heterocycles. The average molecular weight is 294 g/mol. The maximum Gasteiger partial charge on any atom is 0.136 e. The largest absolute Gasteiger partial charge is 0.496 e. The summed E-state index contributed by atoms with van der Waals surface area (Å²) in [4.78, 5) is 14.3. The van der Waals surface area contributed by atoms with Crippen molar-refractivity contribution in [3.63, 3.8) is 0 Å². The van der Waals surface area contributed by atoms with Gasteiger partial charge in [0.05, 0.1) is 7.11 Å². The molecule has 0 radical (unpaired) electrons. The predicted octanol–water partition coefficient (Wildman–Crippen LogP) is 3.43. The summed E-state index contributed by atoms with van der Waals surface area (Å²) >= 11 is 6.34. The molecule has 20 heavy (non-hydrogen) atoms. The minimum atomic E-state index is 0.385. The molecule has 2 aliphatic rings. The molecule has 2 atom stereocenters. The molecule has 108 valence electrons. The molecule has 2 bridgehead atoms. The van der Waals surface area contributed by atoms with Crippen LogP contribution in [0.15, 0.2) is 18.2 Å². The predicted molar refractivity (Wildman–Crippen MR) is 79.2 cm³/mol. The van der Waals surface area contributed by atoms with Crippen molar-refractivity contribution < 1.29 is 9.53 Å². The summed E-state index contributed by atoms with van der Waals surface area (Å²) in [6, 6.07) is 6.54. The molecule has 1 aromatic carbocycles. The third-order valence-electron chi connectivity index (χ3n) is 4.58. The fourth-order valence-corrected chi connectivity index (χ4v) is 3.82. The summed E-state index contributed by atoms with van der Waals surface area (Å²) in [5.41, 5.74) is 1.04. The van der Waals surface area contributed by atoms with Gasteiger partial charge in [0.1, 0.15) is 11.5 Å². The van der Waals surface area contributed by atoms with Crippen molar-refractivity contribution in [3.05, 3.63) is 28.8 Å². The van der Waals surface area contributed by atoms with Crippen LogP contribution >= 0.6 is 11.6 Å². The van der Waals surface area contributed by atoms with E-state index in [1.807, 2.05) is 18.2 Å². The number of fused-ring (bicyclic) bond motifs is 2. The van der Waals surface area contributed by atoms with Crippen molar-refractivity contribution in [2.24, 2.45) is 0 Å². The number of piperidine rings is 2. The van der Waals surface area contributed by atoms with E-state index in [1.165, 1.54) is 6.42 Å². The minimum Gasteiger partial charge on any atom is -0.496 e. The third-order valence-corrected chi connectivity index (χ3v) is 4.93. The molecule has 3 rings (SSSR count). The van der Waals surface area contributed by atoms with Crippen LogP contribution in [0.4, 0.5) is 0 Å². The molecule has 1 aromatic rings. The van der Waals surface area contributed by atoms with Gasteiger partial charge in [-0.15, -0.1) is 0 Å².